The molecule has 88 valence electrons. The van der Waals surface area contributed by atoms with Gasteiger partial charge >= 0.3 is 6.09 Å². The Morgan fingerprint density at radius 2 is 2.00 bits per heavy atom. The van der Waals surface area contributed by atoms with E-state index in [1.807, 2.05) is 32.9 Å². The van der Waals surface area contributed by atoms with Crippen LogP contribution in [0.5, 0.6) is 5.75 Å². The lowest BCUT2D eigenvalue weighted by Gasteiger charge is -2.20. The second-order valence-corrected chi connectivity index (χ2v) is 4.58. The van der Waals surface area contributed by atoms with Gasteiger partial charge in [-0.3, -0.25) is 0 Å². The topological polar surface area (TPSA) is 64.3 Å². The highest BCUT2D eigenvalue weighted by Gasteiger charge is 2.15. The molecule has 0 aliphatic heterocycles. The molecule has 0 fully saturated rings. The molecule has 0 saturated heterocycles. The smallest absolute Gasteiger partial charge is 0.410 e. The Kier molecular flexibility index (Phi) is 3.90. The first-order valence-electron chi connectivity index (χ1n) is 5.20. The van der Waals surface area contributed by atoms with Crippen molar-refractivity contribution in [3.8, 4) is 5.75 Å². The Labute approximate surface area is 95.8 Å². The lowest BCUT2D eigenvalue weighted by atomic mass is 10.1. The fraction of sp³-hybridized carbons (Fsp3) is 0.417. The van der Waals surface area contributed by atoms with E-state index in [2.05, 4.69) is 5.32 Å². The normalized spacial score (nSPS) is 11.0. The molecule has 1 aromatic carbocycles. The van der Waals surface area contributed by atoms with E-state index in [-0.39, 0.29) is 5.54 Å². The van der Waals surface area contributed by atoms with Gasteiger partial charge in [0.15, 0.2) is 0 Å². The minimum absolute atomic E-state index is 0.311. The van der Waals surface area contributed by atoms with Gasteiger partial charge in [0.1, 0.15) is 5.75 Å². The van der Waals surface area contributed by atoms with Gasteiger partial charge in [-0.2, -0.15) is 0 Å². The molecule has 4 nitrogen and oxygen atoms in total. The van der Waals surface area contributed by atoms with Gasteiger partial charge in [-0.15, -0.1) is 0 Å². The first-order chi connectivity index (χ1) is 7.42. The molecule has 1 rings (SSSR count). The molecule has 0 radical (unpaired) electrons. The van der Waals surface area contributed by atoms with Gasteiger partial charge < -0.3 is 15.8 Å². The van der Waals surface area contributed by atoms with Gasteiger partial charge in [-0.1, -0.05) is 18.2 Å². The van der Waals surface area contributed by atoms with Crippen molar-refractivity contribution in [1.82, 2.24) is 5.32 Å². The molecular formula is C12H18N2O2. The Balaban J connectivity index is 2.70. The van der Waals surface area contributed by atoms with E-state index < -0.39 is 6.09 Å². The van der Waals surface area contributed by atoms with Crippen molar-refractivity contribution < 1.29 is 9.53 Å². The number of hydrogen-bond acceptors (Lipinski definition) is 3. The first-order valence-corrected chi connectivity index (χ1v) is 5.20. The van der Waals surface area contributed by atoms with E-state index in [9.17, 15) is 4.79 Å². The lowest BCUT2D eigenvalue weighted by Crippen LogP contribution is -2.42. The van der Waals surface area contributed by atoms with E-state index in [1.54, 1.807) is 12.1 Å². The van der Waals surface area contributed by atoms with Crippen LogP contribution in [0, 0.1) is 0 Å². The Hall–Kier alpha value is -1.55. The summed E-state index contributed by atoms with van der Waals surface area (Å²) in [6.07, 6.45) is -0.464. The summed E-state index contributed by atoms with van der Waals surface area (Å²) in [5.41, 5.74) is 6.04. The molecule has 0 unspecified atom stereocenters. The Morgan fingerprint density at radius 3 is 2.56 bits per heavy atom. The molecule has 3 N–H and O–H groups in total. The first kappa shape index (κ1) is 12.5. The fourth-order valence-electron chi connectivity index (χ4n) is 1.20. The van der Waals surface area contributed by atoms with E-state index in [0.29, 0.717) is 12.3 Å². The van der Waals surface area contributed by atoms with Crippen molar-refractivity contribution in [3.05, 3.63) is 29.8 Å². The van der Waals surface area contributed by atoms with Gasteiger partial charge in [0.05, 0.1) is 0 Å². The molecule has 0 aliphatic carbocycles. The van der Waals surface area contributed by atoms with Crippen molar-refractivity contribution >= 4 is 6.09 Å². The van der Waals surface area contributed by atoms with E-state index in [4.69, 9.17) is 10.5 Å². The molecule has 0 atom stereocenters. The maximum atomic E-state index is 11.5. The number of rotatable bonds is 2. The Morgan fingerprint density at radius 1 is 1.38 bits per heavy atom. The summed E-state index contributed by atoms with van der Waals surface area (Å²) in [6, 6.07) is 7.22. The van der Waals surface area contributed by atoms with Gasteiger partial charge in [-0.25, -0.2) is 4.79 Å². The number of nitrogens with two attached hydrogens (primary N) is 1. The van der Waals surface area contributed by atoms with Crippen LogP contribution in [0.3, 0.4) is 0 Å². The number of carbonyl (C=O) groups excluding carboxylic acids is 1. The van der Waals surface area contributed by atoms with E-state index in [0.717, 1.165) is 5.56 Å². The zero-order valence-corrected chi connectivity index (χ0v) is 9.91. The molecule has 1 amide bonds. The third-order valence-electron chi connectivity index (χ3n) is 1.87. The molecule has 0 aliphatic rings. The van der Waals surface area contributed by atoms with Crippen LogP contribution < -0.4 is 15.8 Å². The van der Waals surface area contributed by atoms with Crippen molar-refractivity contribution in [2.75, 3.05) is 0 Å². The second-order valence-electron chi connectivity index (χ2n) is 4.58. The monoisotopic (exact) mass is 222 g/mol. The van der Waals surface area contributed by atoms with Gasteiger partial charge in [-0.05, 0) is 26.8 Å². The molecule has 0 saturated carbocycles. The van der Waals surface area contributed by atoms with Crippen LogP contribution in [0.15, 0.2) is 24.3 Å². The van der Waals surface area contributed by atoms with Gasteiger partial charge in [0.2, 0.25) is 0 Å². The van der Waals surface area contributed by atoms with Gasteiger partial charge in [0, 0.05) is 17.6 Å². The zero-order chi connectivity index (χ0) is 12.2. The van der Waals surface area contributed by atoms with Crippen LogP contribution >= 0.6 is 0 Å². The predicted molar refractivity (Wildman–Crippen MR) is 63.2 cm³/mol. The standard InChI is InChI=1S/C12H18N2O2/c1-12(2,3)14-11(15)16-10-7-5-4-6-9(10)8-13/h4-7H,8,13H2,1-3H3,(H,14,15). The van der Waals surface area contributed by atoms with Crippen LogP contribution in [0.2, 0.25) is 0 Å². The molecular weight excluding hydrogens is 204 g/mol. The number of ether oxygens (including phenoxy) is 1. The highest BCUT2D eigenvalue weighted by Crippen LogP contribution is 2.17. The highest BCUT2D eigenvalue weighted by atomic mass is 16.6. The number of nitrogens with one attached hydrogen (secondary N) is 1. The quantitative estimate of drug-likeness (QED) is 0.804. The number of hydrogen-bond donors (Lipinski definition) is 2. The third-order valence-corrected chi connectivity index (χ3v) is 1.87. The van der Waals surface area contributed by atoms with Crippen LogP contribution in [0.4, 0.5) is 4.79 Å². The second kappa shape index (κ2) is 4.99. The van der Waals surface area contributed by atoms with Gasteiger partial charge in [0.25, 0.3) is 0 Å². The number of benzene rings is 1. The minimum Gasteiger partial charge on any atom is -0.410 e. The molecule has 0 spiro atoms. The summed E-state index contributed by atoms with van der Waals surface area (Å²) in [6.45, 7) is 6.02. The predicted octanol–water partition coefficient (Wildman–Crippen LogP) is 2.03. The number of para-hydroxylation sites is 1. The molecule has 1 aromatic rings. The van der Waals surface area contributed by atoms with Crippen LogP contribution in [0.1, 0.15) is 26.3 Å². The van der Waals surface area contributed by atoms with Crippen molar-refractivity contribution in [2.45, 2.75) is 32.9 Å². The highest BCUT2D eigenvalue weighted by molar-refractivity contribution is 5.71. The van der Waals surface area contributed by atoms with E-state index >= 15 is 0 Å². The fourth-order valence-corrected chi connectivity index (χ4v) is 1.20. The largest absolute Gasteiger partial charge is 0.413 e. The minimum atomic E-state index is -0.464. The SMILES string of the molecule is CC(C)(C)NC(=O)Oc1ccccc1CN. The Bertz CT molecular complexity index is 370. The molecule has 4 heteroatoms. The van der Waals surface area contributed by atoms with Crippen LogP contribution in [-0.4, -0.2) is 11.6 Å². The third kappa shape index (κ3) is 3.90. The lowest BCUT2D eigenvalue weighted by molar-refractivity contribution is 0.190. The van der Waals surface area contributed by atoms with Crippen LogP contribution in [-0.2, 0) is 6.54 Å². The maximum absolute atomic E-state index is 11.5. The summed E-state index contributed by atoms with van der Waals surface area (Å²) in [5, 5.41) is 2.72. The average Bonchev–Trinajstić information content (AvgIpc) is 2.15. The number of amides is 1. The summed E-state index contributed by atoms with van der Waals surface area (Å²) >= 11 is 0. The van der Waals surface area contributed by atoms with Crippen molar-refractivity contribution in [3.63, 3.8) is 0 Å². The van der Waals surface area contributed by atoms with Crippen molar-refractivity contribution in [2.24, 2.45) is 5.73 Å². The zero-order valence-electron chi connectivity index (χ0n) is 9.91. The number of carbonyl (C=O) groups is 1. The molecule has 0 heterocycles. The van der Waals surface area contributed by atoms with E-state index in [1.165, 1.54) is 0 Å². The summed E-state index contributed by atoms with van der Waals surface area (Å²) in [7, 11) is 0. The average molecular weight is 222 g/mol. The molecule has 0 bridgehead atoms. The summed E-state index contributed by atoms with van der Waals surface area (Å²) in [4.78, 5) is 11.5. The maximum Gasteiger partial charge on any atom is 0.413 e. The summed E-state index contributed by atoms with van der Waals surface area (Å²) in [5.74, 6) is 0.506. The van der Waals surface area contributed by atoms with Crippen LogP contribution in [0.25, 0.3) is 0 Å². The molecule has 0 aromatic heterocycles. The van der Waals surface area contributed by atoms with Crippen molar-refractivity contribution in [1.29, 1.82) is 0 Å². The summed E-state index contributed by atoms with van der Waals surface area (Å²) < 4.78 is 5.18. The molecule has 16 heavy (non-hydrogen) atoms.